The Morgan fingerprint density at radius 1 is 1.38 bits per heavy atom. The first-order valence-corrected chi connectivity index (χ1v) is 7.59. The van der Waals surface area contributed by atoms with Crippen LogP contribution in [0.1, 0.15) is 37.0 Å². The highest BCUT2D eigenvalue weighted by molar-refractivity contribution is 6.34. The normalized spacial score (nSPS) is 16.3. The van der Waals surface area contributed by atoms with Crippen LogP contribution < -0.4 is 0 Å². The Morgan fingerprint density at radius 3 is 2.57 bits per heavy atom. The highest BCUT2D eigenvalue weighted by Gasteiger charge is 2.30. The number of hydrogen-bond acceptors (Lipinski definition) is 3. The summed E-state index contributed by atoms with van der Waals surface area (Å²) >= 11 is 11.5. The van der Waals surface area contributed by atoms with Crippen LogP contribution in [-0.2, 0) is 4.74 Å². The van der Waals surface area contributed by atoms with E-state index < -0.39 is 5.82 Å². The van der Waals surface area contributed by atoms with Crippen molar-refractivity contribution in [3.05, 3.63) is 27.8 Å². The van der Waals surface area contributed by atoms with E-state index in [0.717, 1.165) is 18.9 Å². The minimum absolute atomic E-state index is 0.0320. The molecule has 0 radical (unpaired) electrons. The second kappa shape index (κ2) is 6.90. The number of halogens is 3. The van der Waals surface area contributed by atoms with Gasteiger partial charge in [-0.2, -0.15) is 0 Å². The topological polar surface area (TPSA) is 42.4 Å². The molecule has 1 aliphatic heterocycles. The van der Waals surface area contributed by atoms with Gasteiger partial charge < -0.3 is 9.64 Å². The summed E-state index contributed by atoms with van der Waals surface area (Å²) in [5.74, 6) is -1.08. The monoisotopic (exact) mass is 334 g/mol. The van der Waals surface area contributed by atoms with Gasteiger partial charge in [-0.05, 0) is 32.8 Å². The number of aromatic nitrogens is 1. The van der Waals surface area contributed by atoms with Gasteiger partial charge >= 0.3 is 0 Å². The van der Waals surface area contributed by atoms with Gasteiger partial charge in [0.2, 0.25) is 0 Å². The van der Waals surface area contributed by atoms with Gasteiger partial charge in [-0.15, -0.1) is 0 Å². The van der Waals surface area contributed by atoms with E-state index in [1.807, 2.05) is 13.8 Å². The van der Waals surface area contributed by atoms with Crippen LogP contribution in [0.4, 0.5) is 4.39 Å². The smallest absolute Gasteiger partial charge is 0.257 e. The summed E-state index contributed by atoms with van der Waals surface area (Å²) in [6, 6.07) is 1.07. The highest BCUT2D eigenvalue weighted by atomic mass is 35.5. The third kappa shape index (κ3) is 3.65. The fourth-order valence-electron chi connectivity index (χ4n) is 2.52. The van der Waals surface area contributed by atoms with Gasteiger partial charge in [-0.25, -0.2) is 9.37 Å². The van der Waals surface area contributed by atoms with Crippen molar-refractivity contribution in [2.75, 3.05) is 13.2 Å². The zero-order chi connectivity index (χ0) is 15.6. The average molecular weight is 335 g/mol. The van der Waals surface area contributed by atoms with E-state index in [1.165, 1.54) is 0 Å². The second-order valence-corrected chi connectivity index (χ2v) is 5.97. The number of carbonyl (C=O) groups excluding carboxylic acids is 1. The van der Waals surface area contributed by atoms with Crippen molar-refractivity contribution in [2.24, 2.45) is 0 Å². The summed E-state index contributed by atoms with van der Waals surface area (Å²) in [4.78, 5) is 18.1. The molecule has 0 N–H and O–H groups in total. The SMILES string of the molecule is CC(C)N(C(=O)c1cc(F)c(Cl)nc1Cl)C1CCOCC1. The largest absolute Gasteiger partial charge is 0.381 e. The molecular weight excluding hydrogens is 318 g/mol. The minimum Gasteiger partial charge on any atom is -0.381 e. The minimum atomic E-state index is -0.750. The molecule has 116 valence electrons. The Bertz CT molecular complexity index is 534. The van der Waals surface area contributed by atoms with E-state index in [-0.39, 0.29) is 33.9 Å². The zero-order valence-electron chi connectivity index (χ0n) is 11.9. The van der Waals surface area contributed by atoms with Crippen LogP contribution in [0.5, 0.6) is 0 Å². The van der Waals surface area contributed by atoms with E-state index in [2.05, 4.69) is 4.98 Å². The number of pyridine rings is 1. The molecule has 2 rings (SSSR count). The molecule has 0 spiro atoms. The third-order valence-electron chi connectivity index (χ3n) is 3.49. The van der Waals surface area contributed by atoms with Crippen LogP contribution in [0.3, 0.4) is 0 Å². The Hall–Kier alpha value is -0.910. The van der Waals surface area contributed by atoms with Gasteiger partial charge in [0.05, 0.1) is 5.56 Å². The van der Waals surface area contributed by atoms with Crippen molar-refractivity contribution in [3.63, 3.8) is 0 Å². The van der Waals surface area contributed by atoms with Gasteiger partial charge in [-0.1, -0.05) is 23.2 Å². The molecule has 0 aliphatic carbocycles. The van der Waals surface area contributed by atoms with Gasteiger partial charge in [0.15, 0.2) is 11.0 Å². The van der Waals surface area contributed by atoms with Gasteiger partial charge in [0, 0.05) is 25.3 Å². The number of rotatable bonds is 3. The van der Waals surface area contributed by atoms with Crippen molar-refractivity contribution in [2.45, 2.75) is 38.8 Å². The van der Waals surface area contributed by atoms with Crippen LogP contribution in [0, 0.1) is 5.82 Å². The molecule has 2 heterocycles. The van der Waals surface area contributed by atoms with Crippen molar-refractivity contribution in [1.82, 2.24) is 9.88 Å². The fraction of sp³-hybridized carbons (Fsp3) is 0.571. The van der Waals surface area contributed by atoms with Crippen LogP contribution in [-0.4, -0.2) is 41.1 Å². The lowest BCUT2D eigenvalue weighted by molar-refractivity contribution is 0.0205. The molecule has 21 heavy (non-hydrogen) atoms. The summed E-state index contributed by atoms with van der Waals surface area (Å²) in [5.41, 5.74) is 0.0405. The molecule has 4 nitrogen and oxygen atoms in total. The molecule has 7 heteroatoms. The standard InChI is InChI=1S/C14H17Cl2FN2O2/c1-8(2)19(9-3-5-21-6-4-9)14(20)10-7-11(17)13(16)18-12(10)15/h7-9H,3-6H2,1-2H3. The quantitative estimate of drug-likeness (QED) is 0.794. The van der Waals surface area contributed by atoms with E-state index in [9.17, 15) is 9.18 Å². The molecular formula is C14H17Cl2FN2O2. The lowest BCUT2D eigenvalue weighted by atomic mass is 10.0. The molecule has 0 saturated carbocycles. The van der Waals surface area contributed by atoms with Crippen LogP contribution >= 0.6 is 23.2 Å². The molecule has 1 fully saturated rings. The van der Waals surface area contributed by atoms with E-state index in [4.69, 9.17) is 27.9 Å². The highest BCUT2D eigenvalue weighted by Crippen LogP contribution is 2.25. The zero-order valence-corrected chi connectivity index (χ0v) is 13.4. The Balaban J connectivity index is 2.32. The van der Waals surface area contributed by atoms with Crippen LogP contribution in [0.15, 0.2) is 6.07 Å². The van der Waals surface area contributed by atoms with Crippen molar-refractivity contribution in [1.29, 1.82) is 0 Å². The molecule has 0 unspecified atom stereocenters. The number of carbonyl (C=O) groups is 1. The van der Waals surface area contributed by atoms with Crippen molar-refractivity contribution >= 4 is 29.1 Å². The molecule has 1 aromatic rings. The Morgan fingerprint density at radius 2 is 2.00 bits per heavy atom. The Labute approximate surface area is 133 Å². The maximum Gasteiger partial charge on any atom is 0.257 e. The molecule has 0 atom stereocenters. The molecule has 0 aromatic carbocycles. The molecule has 1 aliphatic rings. The predicted molar refractivity (Wildman–Crippen MR) is 79.4 cm³/mol. The van der Waals surface area contributed by atoms with Gasteiger partial charge in [0.25, 0.3) is 5.91 Å². The predicted octanol–water partition coefficient (Wildman–Crippen LogP) is 3.56. The molecule has 0 bridgehead atoms. The lowest BCUT2D eigenvalue weighted by Crippen LogP contribution is -2.47. The fourth-order valence-corrected chi connectivity index (χ4v) is 2.92. The summed E-state index contributed by atoms with van der Waals surface area (Å²) in [6.45, 7) is 5.06. The van der Waals surface area contributed by atoms with E-state index in [1.54, 1.807) is 4.90 Å². The first-order valence-electron chi connectivity index (χ1n) is 6.83. The first-order chi connectivity index (χ1) is 9.91. The summed E-state index contributed by atoms with van der Waals surface area (Å²) in [5, 5.41) is -0.414. The van der Waals surface area contributed by atoms with Crippen molar-refractivity contribution < 1.29 is 13.9 Å². The third-order valence-corrected chi connectivity index (χ3v) is 4.05. The van der Waals surface area contributed by atoms with Crippen LogP contribution in [0.2, 0.25) is 10.3 Å². The number of ether oxygens (including phenoxy) is 1. The molecule has 1 aromatic heterocycles. The number of hydrogen-bond donors (Lipinski definition) is 0. The van der Waals surface area contributed by atoms with Crippen LogP contribution in [0.25, 0.3) is 0 Å². The van der Waals surface area contributed by atoms with E-state index in [0.29, 0.717) is 13.2 Å². The lowest BCUT2D eigenvalue weighted by Gasteiger charge is -2.37. The average Bonchev–Trinajstić information content (AvgIpc) is 2.43. The molecule has 1 amide bonds. The number of nitrogens with zero attached hydrogens (tertiary/aromatic N) is 2. The maximum absolute atomic E-state index is 13.6. The maximum atomic E-state index is 13.6. The Kier molecular flexibility index (Phi) is 5.41. The number of amides is 1. The summed E-state index contributed by atoms with van der Waals surface area (Å²) in [6.07, 6.45) is 1.51. The van der Waals surface area contributed by atoms with Gasteiger partial charge in [-0.3, -0.25) is 4.79 Å². The van der Waals surface area contributed by atoms with Gasteiger partial charge in [0.1, 0.15) is 5.15 Å². The summed E-state index contributed by atoms with van der Waals surface area (Å²) < 4.78 is 18.9. The van der Waals surface area contributed by atoms with Crippen molar-refractivity contribution in [3.8, 4) is 0 Å². The first kappa shape index (κ1) is 16.5. The second-order valence-electron chi connectivity index (χ2n) is 5.25. The molecule has 1 saturated heterocycles. The van der Waals surface area contributed by atoms with E-state index >= 15 is 0 Å². The summed E-state index contributed by atoms with van der Waals surface area (Å²) in [7, 11) is 0.